The van der Waals surface area contributed by atoms with Gasteiger partial charge in [-0.15, -0.1) is 0 Å². The molecule has 2 aromatic heterocycles. The van der Waals surface area contributed by atoms with Crippen molar-refractivity contribution in [3.05, 3.63) is 47.7 Å². The van der Waals surface area contributed by atoms with Crippen molar-refractivity contribution in [3.63, 3.8) is 0 Å². The molecule has 102 valence electrons. The molecular formula is C16H17N3O. The molecule has 0 aliphatic carbocycles. The summed E-state index contributed by atoms with van der Waals surface area (Å²) in [7, 11) is 1.65. The summed E-state index contributed by atoms with van der Waals surface area (Å²) in [6, 6.07) is 11.9. The number of methoxy groups -OCH3 is 1. The highest BCUT2D eigenvalue weighted by molar-refractivity contribution is 5.75. The smallest absolute Gasteiger partial charge is 0.139 e. The van der Waals surface area contributed by atoms with Crippen LogP contribution in [0.5, 0.6) is 5.75 Å². The number of aryl methyl sites for hydroxylation is 2. The van der Waals surface area contributed by atoms with E-state index in [0.717, 1.165) is 28.3 Å². The Kier molecular flexibility index (Phi) is 2.86. The first-order chi connectivity index (χ1) is 9.60. The predicted octanol–water partition coefficient (Wildman–Crippen LogP) is 3.21. The molecule has 4 heteroatoms. The summed E-state index contributed by atoms with van der Waals surface area (Å²) in [4.78, 5) is 4.66. The molecule has 3 aromatic rings. The maximum atomic E-state index is 6.26. The molecule has 0 atom stereocenters. The lowest BCUT2D eigenvalue weighted by Crippen LogP contribution is -1.98. The molecule has 0 spiro atoms. The van der Waals surface area contributed by atoms with Crippen LogP contribution in [0.1, 0.15) is 11.3 Å². The third-order valence-corrected chi connectivity index (χ3v) is 3.45. The van der Waals surface area contributed by atoms with Gasteiger partial charge < -0.3 is 10.5 Å². The van der Waals surface area contributed by atoms with Gasteiger partial charge in [0, 0.05) is 11.3 Å². The zero-order valence-corrected chi connectivity index (χ0v) is 11.8. The lowest BCUT2D eigenvalue weighted by Gasteiger charge is -2.04. The van der Waals surface area contributed by atoms with Crippen LogP contribution in [0.2, 0.25) is 0 Å². The second-order valence-electron chi connectivity index (χ2n) is 4.94. The topological polar surface area (TPSA) is 52.5 Å². The molecule has 0 radical (unpaired) electrons. The molecule has 1 aromatic carbocycles. The van der Waals surface area contributed by atoms with Gasteiger partial charge in [0.2, 0.25) is 0 Å². The summed E-state index contributed by atoms with van der Waals surface area (Å²) in [5.41, 5.74) is 11.2. The number of rotatable bonds is 2. The normalized spacial score (nSPS) is 10.9. The molecular weight excluding hydrogens is 250 g/mol. The Morgan fingerprint density at radius 2 is 1.80 bits per heavy atom. The summed E-state index contributed by atoms with van der Waals surface area (Å²) in [5.74, 6) is 1.49. The first kappa shape index (κ1) is 12.5. The Bertz CT molecular complexity index is 773. The van der Waals surface area contributed by atoms with Gasteiger partial charge in [-0.2, -0.15) is 0 Å². The monoisotopic (exact) mass is 267 g/mol. The number of hydrogen-bond donors (Lipinski definition) is 1. The maximum absolute atomic E-state index is 6.26. The van der Waals surface area contributed by atoms with Gasteiger partial charge in [0.1, 0.15) is 22.9 Å². The number of aromatic nitrogens is 2. The number of nitrogens with zero attached hydrogens (tertiary/aromatic N) is 2. The number of fused-ring (bicyclic) bond motifs is 1. The van der Waals surface area contributed by atoms with Crippen LogP contribution in [0.15, 0.2) is 36.4 Å². The average molecular weight is 267 g/mol. The number of nitrogens with two attached hydrogens (primary N) is 1. The molecule has 0 aliphatic rings. The quantitative estimate of drug-likeness (QED) is 0.775. The molecule has 0 fully saturated rings. The first-order valence-corrected chi connectivity index (χ1v) is 6.50. The minimum absolute atomic E-state index is 0.669. The standard InChI is InChI=1S/C16H17N3O/c1-10-8-11(2)19-14(9-10)18-15(16(19)17)12-4-6-13(20-3)7-5-12/h4-9H,17H2,1-3H3. The van der Waals surface area contributed by atoms with E-state index in [1.807, 2.05) is 41.7 Å². The summed E-state index contributed by atoms with van der Waals surface area (Å²) < 4.78 is 7.15. The van der Waals surface area contributed by atoms with Gasteiger partial charge in [-0.1, -0.05) is 0 Å². The molecule has 20 heavy (non-hydrogen) atoms. The Morgan fingerprint density at radius 1 is 1.10 bits per heavy atom. The average Bonchev–Trinajstić information content (AvgIpc) is 2.76. The van der Waals surface area contributed by atoms with Crippen LogP contribution in [0, 0.1) is 13.8 Å². The van der Waals surface area contributed by atoms with Crippen LogP contribution >= 0.6 is 0 Å². The third-order valence-electron chi connectivity index (χ3n) is 3.45. The van der Waals surface area contributed by atoms with Crippen LogP contribution in [-0.2, 0) is 0 Å². The number of nitrogen functional groups attached to an aromatic ring is 1. The molecule has 0 bridgehead atoms. The lowest BCUT2D eigenvalue weighted by molar-refractivity contribution is 0.415. The Hall–Kier alpha value is -2.49. The molecule has 4 nitrogen and oxygen atoms in total. The number of ether oxygens (including phenoxy) is 1. The van der Waals surface area contributed by atoms with Crippen LogP contribution in [-0.4, -0.2) is 16.5 Å². The van der Waals surface area contributed by atoms with E-state index in [-0.39, 0.29) is 0 Å². The van der Waals surface area contributed by atoms with Crippen molar-refractivity contribution in [2.75, 3.05) is 12.8 Å². The maximum Gasteiger partial charge on any atom is 0.139 e. The highest BCUT2D eigenvalue weighted by atomic mass is 16.5. The predicted molar refractivity (Wildman–Crippen MR) is 81.1 cm³/mol. The fraction of sp³-hybridized carbons (Fsp3) is 0.188. The van der Waals surface area contributed by atoms with Gasteiger partial charge >= 0.3 is 0 Å². The molecule has 0 unspecified atom stereocenters. The third kappa shape index (κ3) is 1.90. The zero-order valence-electron chi connectivity index (χ0n) is 11.8. The van der Waals surface area contributed by atoms with E-state index in [2.05, 4.69) is 18.0 Å². The second-order valence-corrected chi connectivity index (χ2v) is 4.94. The SMILES string of the molecule is COc1ccc(-c2nc3cc(C)cc(C)n3c2N)cc1. The van der Waals surface area contributed by atoms with Crippen LogP contribution in [0.4, 0.5) is 5.82 Å². The highest BCUT2D eigenvalue weighted by Crippen LogP contribution is 2.29. The van der Waals surface area contributed by atoms with E-state index < -0.39 is 0 Å². The van der Waals surface area contributed by atoms with E-state index in [1.165, 1.54) is 5.56 Å². The first-order valence-electron chi connectivity index (χ1n) is 6.50. The molecule has 0 saturated carbocycles. The number of imidazole rings is 1. The fourth-order valence-corrected chi connectivity index (χ4v) is 2.52. The molecule has 0 amide bonds. The van der Waals surface area contributed by atoms with Crippen LogP contribution in [0.3, 0.4) is 0 Å². The van der Waals surface area contributed by atoms with Gasteiger partial charge in [0.25, 0.3) is 0 Å². The Balaban J connectivity index is 2.20. The van der Waals surface area contributed by atoms with Crippen molar-refractivity contribution in [1.29, 1.82) is 0 Å². The summed E-state index contributed by atoms with van der Waals surface area (Å²) in [5, 5.41) is 0. The molecule has 0 saturated heterocycles. The Labute approximate surface area is 117 Å². The lowest BCUT2D eigenvalue weighted by atomic mass is 10.1. The number of anilines is 1. The largest absolute Gasteiger partial charge is 0.497 e. The van der Waals surface area contributed by atoms with Gasteiger partial charge in [-0.25, -0.2) is 4.98 Å². The van der Waals surface area contributed by atoms with Gasteiger partial charge in [-0.05, 0) is 55.8 Å². The van der Waals surface area contributed by atoms with Crippen LogP contribution < -0.4 is 10.5 Å². The molecule has 0 aliphatic heterocycles. The van der Waals surface area contributed by atoms with Gasteiger partial charge in [0.15, 0.2) is 0 Å². The Morgan fingerprint density at radius 3 is 2.45 bits per heavy atom. The van der Waals surface area contributed by atoms with Crippen LogP contribution in [0.25, 0.3) is 16.9 Å². The van der Waals surface area contributed by atoms with Crippen molar-refractivity contribution in [2.24, 2.45) is 0 Å². The van der Waals surface area contributed by atoms with E-state index in [4.69, 9.17) is 10.5 Å². The van der Waals surface area contributed by atoms with Crippen molar-refractivity contribution in [2.45, 2.75) is 13.8 Å². The van der Waals surface area contributed by atoms with E-state index in [9.17, 15) is 0 Å². The summed E-state index contributed by atoms with van der Waals surface area (Å²) in [6.45, 7) is 4.10. The van der Waals surface area contributed by atoms with E-state index in [0.29, 0.717) is 5.82 Å². The minimum Gasteiger partial charge on any atom is -0.497 e. The van der Waals surface area contributed by atoms with Crippen molar-refractivity contribution >= 4 is 11.5 Å². The molecule has 3 rings (SSSR count). The number of pyridine rings is 1. The van der Waals surface area contributed by atoms with E-state index in [1.54, 1.807) is 7.11 Å². The summed E-state index contributed by atoms with van der Waals surface area (Å²) >= 11 is 0. The molecule has 2 N–H and O–H groups in total. The fourth-order valence-electron chi connectivity index (χ4n) is 2.52. The molecule has 2 heterocycles. The van der Waals surface area contributed by atoms with E-state index >= 15 is 0 Å². The van der Waals surface area contributed by atoms with Crippen molar-refractivity contribution in [3.8, 4) is 17.0 Å². The second kappa shape index (κ2) is 4.56. The minimum atomic E-state index is 0.669. The van der Waals surface area contributed by atoms with Crippen molar-refractivity contribution in [1.82, 2.24) is 9.38 Å². The van der Waals surface area contributed by atoms with Gasteiger partial charge in [0.05, 0.1) is 7.11 Å². The highest BCUT2D eigenvalue weighted by Gasteiger charge is 2.13. The zero-order chi connectivity index (χ0) is 14.3. The summed E-state index contributed by atoms with van der Waals surface area (Å²) in [6.07, 6.45) is 0. The van der Waals surface area contributed by atoms with Gasteiger partial charge in [-0.3, -0.25) is 4.40 Å². The number of benzene rings is 1. The number of hydrogen-bond acceptors (Lipinski definition) is 3. The van der Waals surface area contributed by atoms with Crippen molar-refractivity contribution < 1.29 is 4.74 Å².